The maximum atomic E-state index is 4.33. The van der Waals surface area contributed by atoms with Gasteiger partial charge in [-0.2, -0.15) is 0 Å². The summed E-state index contributed by atoms with van der Waals surface area (Å²) in [5.41, 5.74) is 8.90. The summed E-state index contributed by atoms with van der Waals surface area (Å²) in [6.07, 6.45) is 5.98. The third kappa shape index (κ3) is 3.75. The molecule has 0 amide bonds. The molecule has 0 aliphatic heterocycles. The molecule has 2 aromatic heterocycles. The second-order valence-corrected chi connectivity index (χ2v) is 8.18. The monoisotopic (exact) mass is 380 g/mol. The molecule has 0 aliphatic carbocycles. The van der Waals surface area contributed by atoms with E-state index in [4.69, 9.17) is 0 Å². The van der Waals surface area contributed by atoms with Gasteiger partial charge in [-0.3, -0.25) is 4.98 Å². The molecular formula is C27H28N2. The van der Waals surface area contributed by atoms with Crippen LogP contribution in [0.2, 0.25) is 0 Å². The Labute approximate surface area is 173 Å². The minimum Gasteiger partial charge on any atom is -0.316 e. The van der Waals surface area contributed by atoms with Crippen molar-refractivity contribution in [3.8, 4) is 28.1 Å². The number of rotatable bonds is 5. The average Bonchev–Trinajstić information content (AvgIpc) is 3.23. The van der Waals surface area contributed by atoms with Crippen molar-refractivity contribution in [3.05, 3.63) is 96.4 Å². The summed E-state index contributed by atoms with van der Waals surface area (Å²) in [7, 11) is 0. The minimum atomic E-state index is 0.408. The zero-order valence-corrected chi connectivity index (χ0v) is 17.6. The van der Waals surface area contributed by atoms with E-state index < -0.39 is 0 Å². The quantitative estimate of drug-likeness (QED) is 0.351. The highest BCUT2D eigenvalue weighted by atomic mass is 15.0. The van der Waals surface area contributed by atoms with Gasteiger partial charge >= 0.3 is 0 Å². The number of nitrogens with zero attached hydrogens (tertiary/aromatic N) is 2. The third-order valence-electron chi connectivity index (χ3n) is 5.47. The standard InChI is InChI=1S/C27H28N2/c1-19(2)24-16-23(22-12-8-14-28-18-22)17-25(20(3)4)27(24)29-15-9-13-26(29)21-10-6-5-7-11-21/h5-20H,1-4H3. The highest BCUT2D eigenvalue weighted by Gasteiger charge is 2.20. The number of hydrogen-bond acceptors (Lipinski definition) is 1. The van der Waals surface area contributed by atoms with Gasteiger partial charge < -0.3 is 4.57 Å². The van der Waals surface area contributed by atoms with E-state index in [1.54, 1.807) is 0 Å². The van der Waals surface area contributed by atoms with Crippen molar-refractivity contribution >= 4 is 0 Å². The van der Waals surface area contributed by atoms with Crippen molar-refractivity contribution in [2.75, 3.05) is 0 Å². The predicted octanol–water partition coefficient (Wildman–Crippen LogP) is 7.45. The Hall–Kier alpha value is -3.13. The highest BCUT2D eigenvalue weighted by molar-refractivity contribution is 5.72. The lowest BCUT2D eigenvalue weighted by atomic mass is 9.88. The molecule has 0 spiro atoms. The maximum Gasteiger partial charge on any atom is 0.0528 e. The number of hydrogen-bond donors (Lipinski definition) is 0. The first-order valence-electron chi connectivity index (χ1n) is 10.4. The molecule has 146 valence electrons. The van der Waals surface area contributed by atoms with Gasteiger partial charge in [0.25, 0.3) is 0 Å². The molecule has 0 fully saturated rings. The first-order valence-corrected chi connectivity index (χ1v) is 10.4. The summed E-state index contributed by atoms with van der Waals surface area (Å²) < 4.78 is 2.37. The van der Waals surface area contributed by atoms with Crippen LogP contribution in [0.3, 0.4) is 0 Å². The van der Waals surface area contributed by atoms with Crippen molar-refractivity contribution in [2.24, 2.45) is 0 Å². The predicted molar refractivity (Wildman–Crippen MR) is 123 cm³/mol. The van der Waals surface area contributed by atoms with E-state index in [-0.39, 0.29) is 0 Å². The molecule has 0 saturated heterocycles. The van der Waals surface area contributed by atoms with Gasteiger partial charge in [0.05, 0.1) is 11.4 Å². The van der Waals surface area contributed by atoms with Gasteiger partial charge in [-0.05, 0) is 64.4 Å². The molecule has 0 unspecified atom stereocenters. The third-order valence-corrected chi connectivity index (χ3v) is 5.47. The molecule has 0 radical (unpaired) electrons. The van der Waals surface area contributed by atoms with Crippen LogP contribution in [0.5, 0.6) is 0 Å². The first-order chi connectivity index (χ1) is 14.1. The number of pyridine rings is 1. The van der Waals surface area contributed by atoms with Crippen LogP contribution in [0, 0.1) is 0 Å². The van der Waals surface area contributed by atoms with Gasteiger partial charge in [0.1, 0.15) is 0 Å². The lowest BCUT2D eigenvalue weighted by Crippen LogP contribution is -2.08. The highest BCUT2D eigenvalue weighted by Crippen LogP contribution is 2.38. The SMILES string of the molecule is CC(C)c1cc(-c2cccnc2)cc(C(C)C)c1-n1cccc1-c1ccccc1. The average molecular weight is 381 g/mol. The maximum absolute atomic E-state index is 4.33. The molecule has 0 aliphatic rings. The topological polar surface area (TPSA) is 17.8 Å². The molecule has 29 heavy (non-hydrogen) atoms. The molecule has 0 bridgehead atoms. The first kappa shape index (κ1) is 19.2. The van der Waals surface area contributed by atoms with Crippen LogP contribution >= 0.6 is 0 Å². The Morgan fingerprint density at radius 2 is 1.34 bits per heavy atom. The number of benzene rings is 2. The Morgan fingerprint density at radius 3 is 1.93 bits per heavy atom. The van der Waals surface area contributed by atoms with Crippen LogP contribution in [-0.2, 0) is 0 Å². The summed E-state index contributed by atoms with van der Waals surface area (Å²) in [5, 5.41) is 0. The normalized spacial score (nSPS) is 11.4. The van der Waals surface area contributed by atoms with Crippen molar-refractivity contribution in [3.63, 3.8) is 0 Å². The molecule has 2 heteroatoms. The second kappa shape index (κ2) is 8.08. The van der Waals surface area contributed by atoms with Crippen molar-refractivity contribution < 1.29 is 0 Å². The van der Waals surface area contributed by atoms with Crippen LogP contribution in [-0.4, -0.2) is 9.55 Å². The molecule has 0 saturated carbocycles. The minimum absolute atomic E-state index is 0.408. The molecule has 4 aromatic rings. The molecule has 2 heterocycles. The van der Waals surface area contributed by atoms with Crippen molar-refractivity contribution in [1.29, 1.82) is 0 Å². The van der Waals surface area contributed by atoms with Gasteiger partial charge in [0.2, 0.25) is 0 Å². The van der Waals surface area contributed by atoms with Crippen LogP contribution < -0.4 is 0 Å². The summed E-state index contributed by atoms with van der Waals surface area (Å²) in [6.45, 7) is 9.12. The molecule has 0 N–H and O–H groups in total. The fourth-order valence-electron chi connectivity index (χ4n) is 3.96. The lowest BCUT2D eigenvalue weighted by Gasteiger charge is -2.24. The summed E-state index contributed by atoms with van der Waals surface area (Å²) in [4.78, 5) is 4.33. The Kier molecular flexibility index (Phi) is 5.35. The molecule has 0 atom stereocenters. The van der Waals surface area contributed by atoms with Crippen LogP contribution in [0.25, 0.3) is 28.1 Å². The Morgan fingerprint density at radius 1 is 0.690 bits per heavy atom. The molecule has 2 nitrogen and oxygen atoms in total. The van der Waals surface area contributed by atoms with Gasteiger partial charge in [-0.25, -0.2) is 0 Å². The molecule has 2 aromatic carbocycles. The van der Waals surface area contributed by atoms with Crippen molar-refractivity contribution in [2.45, 2.75) is 39.5 Å². The van der Waals surface area contributed by atoms with Gasteiger partial charge in [0, 0.05) is 24.2 Å². The summed E-state index contributed by atoms with van der Waals surface area (Å²) >= 11 is 0. The van der Waals surface area contributed by atoms with E-state index >= 15 is 0 Å². The fraction of sp³-hybridized carbons (Fsp3) is 0.222. The summed E-state index contributed by atoms with van der Waals surface area (Å²) in [6, 6.07) is 23.8. The van der Waals surface area contributed by atoms with Gasteiger partial charge in [-0.15, -0.1) is 0 Å². The zero-order chi connectivity index (χ0) is 20.4. The van der Waals surface area contributed by atoms with E-state index in [1.165, 1.54) is 39.2 Å². The molecular weight excluding hydrogens is 352 g/mol. The molecule has 4 rings (SSSR count). The van der Waals surface area contributed by atoms with Gasteiger partial charge in [0.15, 0.2) is 0 Å². The van der Waals surface area contributed by atoms with Crippen LogP contribution in [0.1, 0.15) is 50.7 Å². The van der Waals surface area contributed by atoms with E-state index in [9.17, 15) is 0 Å². The largest absolute Gasteiger partial charge is 0.316 e. The second-order valence-electron chi connectivity index (χ2n) is 8.18. The Balaban J connectivity index is 1.98. The van der Waals surface area contributed by atoms with Gasteiger partial charge in [-0.1, -0.05) is 64.1 Å². The van der Waals surface area contributed by atoms with Crippen LogP contribution in [0.4, 0.5) is 0 Å². The summed E-state index contributed by atoms with van der Waals surface area (Å²) in [5.74, 6) is 0.815. The van der Waals surface area contributed by atoms with E-state index in [0.29, 0.717) is 11.8 Å². The smallest absolute Gasteiger partial charge is 0.0528 e. The number of aromatic nitrogens is 2. The van der Waals surface area contributed by atoms with E-state index in [0.717, 1.165) is 0 Å². The lowest BCUT2D eigenvalue weighted by molar-refractivity contribution is 0.808. The zero-order valence-electron chi connectivity index (χ0n) is 17.6. The van der Waals surface area contributed by atoms with Crippen molar-refractivity contribution in [1.82, 2.24) is 9.55 Å². The van der Waals surface area contributed by atoms with E-state index in [1.807, 2.05) is 18.5 Å². The Bertz CT molecular complexity index is 1060. The van der Waals surface area contributed by atoms with E-state index in [2.05, 4.69) is 104 Å². The fourth-order valence-corrected chi connectivity index (χ4v) is 3.96. The van der Waals surface area contributed by atoms with Crippen LogP contribution in [0.15, 0.2) is 85.3 Å².